The molecule has 0 bridgehead atoms. The number of benzene rings is 1. The van der Waals surface area contributed by atoms with Crippen LogP contribution in [0.15, 0.2) is 12.1 Å². The van der Waals surface area contributed by atoms with Crippen molar-refractivity contribution in [2.24, 2.45) is 0 Å². The molecular weight excluding hydrogens is 183 g/mol. The minimum absolute atomic E-state index is 0.0694. The minimum atomic E-state index is -1.35. The Kier molecular flexibility index (Phi) is 2.33. The number of aromatic carboxylic acids is 1. The van der Waals surface area contributed by atoms with E-state index in [0.717, 1.165) is 6.07 Å². The average molecular weight is 189 g/mol. The summed E-state index contributed by atoms with van der Waals surface area (Å²) in [5, 5.41) is 8.44. The Bertz CT molecular complexity index is 313. The van der Waals surface area contributed by atoms with E-state index in [1.54, 1.807) is 6.92 Å². The molecule has 4 heteroatoms. The predicted molar refractivity (Wildman–Crippen MR) is 43.1 cm³/mol. The van der Waals surface area contributed by atoms with Crippen LogP contribution in [0.4, 0.5) is 4.39 Å². The maximum atomic E-state index is 12.9. The summed E-state index contributed by atoms with van der Waals surface area (Å²) in [5.74, 6) is -2.15. The number of aryl methyl sites for hydroxylation is 1. The molecule has 0 aromatic heterocycles. The van der Waals surface area contributed by atoms with Gasteiger partial charge in [-0.1, -0.05) is 11.6 Å². The lowest BCUT2D eigenvalue weighted by molar-refractivity contribution is 0.0692. The van der Waals surface area contributed by atoms with Crippen LogP contribution in [-0.4, -0.2) is 11.1 Å². The Balaban J connectivity index is 3.38. The van der Waals surface area contributed by atoms with Gasteiger partial charge in [0.05, 0.1) is 5.02 Å². The molecule has 1 aromatic rings. The Labute approximate surface area is 73.6 Å². The van der Waals surface area contributed by atoms with E-state index in [-0.39, 0.29) is 5.02 Å². The van der Waals surface area contributed by atoms with Crippen LogP contribution in [0.1, 0.15) is 15.9 Å². The first-order valence-electron chi connectivity index (χ1n) is 3.21. The second-order valence-electron chi connectivity index (χ2n) is 2.41. The van der Waals surface area contributed by atoms with Gasteiger partial charge >= 0.3 is 5.97 Å². The van der Waals surface area contributed by atoms with E-state index in [1.807, 2.05) is 0 Å². The third kappa shape index (κ3) is 1.56. The summed E-state index contributed by atoms with van der Waals surface area (Å²) in [7, 11) is 0. The first-order valence-corrected chi connectivity index (χ1v) is 3.59. The highest BCUT2D eigenvalue weighted by molar-refractivity contribution is 6.33. The van der Waals surface area contributed by atoms with Gasteiger partial charge in [-0.15, -0.1) is 0 Å². The molecule has 0 aliphatic rings. The largest absolute Gasteiger partial charge is 0.478 e. The smallest absolute Gasteiger partial charge is 0.340 e. The molecule has 0 atom stereocenters. The van der Waals surface area contributed by atoms with Gasteiger partial charge in [0.25, 0.3) is 0 Å². The third-order valence-corrected chi connectivity index (χ3v) is 1.70. The van der Waals surface area contributed by atoms with Crippen LogP contribution in [-0.2, 0) is 0 Å². The maximum Gasteiger partial charge on any atom is 0.340 e. The summed E-state index contributed by atoms with van der Waals surface area (Å²) in [6.45, 7) is 1.64. The normalized spacial score (nSPS) is 9.92. The molecule has 1 aromatic carbocycles. The third-order valence-electron chi connectivity index (χ3n) is 1.40. The van der Waals surface area contributed by atoms with Crippen molar-refractivity contribution in [3.05, 3.63) is 34.1 Å². The number of hydrogen-bond donors (Lipinski definition) is 1. The quantitative estimate of drug-likeness (QED) is 0.735. The van der Waals surface area contributed by atoms with Crippen molar-refractivity contribution in [1.29, 1.82) is 0 Å². The lowest BCUT2D eigenvalue weighted by Gasteiger charge is -2.01. The van der Waals surface area contributed by atoms with Gasteiger partial charge in [-0.2, -0.15) is 0 Å². The highest BCUT2D eigenvalue weighted by Gasteiger charge is 2.14. The fourth-order valence-electron chi connectivity index (χ4n) is 0.904. The summed E-state index contributed by atoms with van der Waals surface area (Å²) in [6.07, 6.45) is 0. The lowest BCUT2D eigenvalue weighted by Crippen LogP contribution is -2.01. The zero-order chi connectivity index (χ0) is 9.30. The second kappa shape index (κ2) is 3.11. The van der Waals surface area contributed by atoms with Crippen molar-refractivity contribution in [3.8, 4) is 0 Å². The van der Waals surface area contributed by atoms with Gasteiger partial charge in [-0.25, -0.2) is 9.18 Å². The SMILES string of the molecule is Cc1cc(F)c(C(=O)O)c(Cl)c1. The first-order chi connectivity index (χ1) is 5.52. The topological polar surface area (TPSA) is 37.3 Å². The van der Waals surface area contributed by atoms with E-state index in [2.05, 4.69) is 0 Å². The highest BCUT2D eigenvalue weighted by Crippen LogP contribution is 2.20. The first kappa shape index (κ1) is 9.00. The highest BCUT2D eigenvalue weighted by atomic mass is 35.5. The van der Waals surface area contributed by atoms with Crippen LogP contribution < -0.4 is 0 Å². The van der Waals surface area contributed by atoms with Gasteiger partial charge < -0.3 is 5.11 Å². The molecule has 0 saturated heterocycles. The summed E-state index contributed by atoms with van der Waals surface area (Å²) in [6, 6.07) is 2.55. The van der Waals surface area contributed by atoms with E-state index in [9.17, 15) is 9.18 Å². The van der Waals surface area contributed by atoms with Gasteiger partial charge in [-0.05, 0) is 24.6 Å². The van der Waals surface area contributed by atoms with Crippen LogP contribution in [0, 0.1) is 12.7 Å². The summed E-state index contributed by atoms with van der Waals surface area (Å²) >= 11 is 5.51. The van der Waals surface area contributed by atoms with E-state index >= 15 is 0 Å². The van der Waals surface area contributed by atoms with E-state index in [0.29, 0.717) is 5.56 Å². The van der Waals surface area contributed by atoms with Crippen molar-refractivity contribution in [2.75, 3.05) is 0 Å². The molecule has 1 N–H and O–H groups in total. The van der Waals surface area contributed by atoms with Crippen LogP contribution in [0.5, 0.6) is 0 Å². The van der Waals surface area contributed by atoms with Gasteiger partial charge in [0.1, 0.15) is 11.4 Å². The van der Waals surface area contributed by atoms with Crippen molar-refractivity contribution in [2.45, 2.75) is 6.92 Å². The monoisotopic (exact) mass is 188 g/mol. The van der Waals surface area contributed by atoms with Gasteiger partial charge in [0.2, 0.25) is 0 Å². The molecule has 0 unspecified atom stereocenters. The van der Waals surface area contributed by atoms with E-state index < -0.39 is 17.3 Å². The van der Waals surface area contributed by atoms with Gasteiger partial charge in [0, 0.05) is 0 Å². The van der Waals surface area contributed by atoms with Crippen molar-refractivity contribution in [1.82, 2.24) is 0 Å². The van der Waals surface area contributed by atoms with Crippen LogP contribution in [0.3, 0.4) is 0 Å². The second-order valence-corrected chi connectivity index (χ2v) is 2.82. The maximum absolute atomic E-state index is 12.9. The number of rotatable bonds is 1. The number of halogens is 2. The zero-order valence-corrected chi connectivity index (χ0v) is 7.02. The average Bonchev–Trinajstić information content (AvgIpc) is 1.82. The molecule has 0 amide bonds. The van der Waals surface area contributed by atoms with Crippen LogP contribution in [0.2, 0.25) is 5.02 Å². The molecule has 12 heavy (non-hydrogen) atoms. The molecule has 2 nitrogen and oxygen atoms in total. The Morgan fingerprint density at radius 3 is 2.58 bits per heavy atom. The summed E-state index contributed by atoms with van der Waals surface area (Å²) < 4.78 is 12.9. The van der Waals surface area contributed by atoms with Crippen molar-refractivity contribution < 1.29 is 14.3 Å². The Hall–Kier alpha value is -1.09. The Morgan fingerprint density at radius 2 is 2.17 bits per heavy atom. The molecule has 0 saturated carbocycles. The van der Waals surface area contributed by atoms with Gasteiger partial charge in [0.15, 0.2) is 0 Å². The Morgan fingerprint density at radius 1 is 1.58 bits per heavy atom. The summed E-state index contributed by atoms with van der Waals surface area (Å²) in [4.78, 5) is 10.4. The molecule has 0 aliphatic carbocycles. The molecule has 0 spiro atoms. The van der Waals surface area contributed by atoms with Gasteiger partial charge in [-0.3, -0.25) is 0 Å². The number of carboxylic acids is 1. The lowest BCUT2D eigenvalue weighted by atomic mass is 10.1. The molecule has 64 valence electrons. The molecule has 0 fully saturated rings. The van der Waals surface area contributed by atoms with Crippen LogP contribution in [0.25, 0.3) is 0 Å². The van der Waals surface area contributed by atoms with E-state index in [1.165, 1.54) is 6.07 Å². The molecule has 1 rings (SSSR count). The molecule has 0 heterocycles. The fraction of sp³-hybridized carbons (Fsp3) is 0.125. The van der Waals surface area contributed by atoms with Crippen molar-refractivity contribution >= 4 is 17.6 Å². The van der Waals surface area contributed by atoms with Crippen molar-refractivity contribution in [3.63, 3.8) is 0 Å². The number of carbonyl (C=O) groups is 1. The molecule has 0 radical (unpaired) electrons. The molecule has 0 aliphatic heterocycles. The molecular formula is C8H6ClFO2. The fourth-order valence-corrected chi connectivity index (χ4v) is 1.25. The minimum Gasteiger partial charge on any atom is -0.478 e. The van der Waals surface area contributed by atoms with E-state index in [4.69, 9.17) is 16.7 Å². The number of carboxylic acid groups (broad SMARTS) is 1. The number of hydrogen-bond acceptors (Lipinski definition) is 1. The van der Waals surface area contributed by atoms with Crippen LogP contribution >= 0.6 is 11.6 Å². The standard InChI is InChI=1S/C8H6ClFO2/c1-4-2-5(9)7(8(11)12)6(10)3-4/h2-3H,1H3,(H,11,12). The predicted octanol–water partition coefficient (Wildman–Crippen LogP) is 2.49. The summed E-state index contributed by atoms with van der Waals surface area (Å²) in [5.41, 5.74) is 0.129. The zero-order valence-electron chi connectivity index (χ0n) is 6.27.